The van der Waals surface area contributed by atoms with E-state index in [1.54, 1.807) is 0 Å². The molecule has 1 heteroatoms. The van der Waals surface area contributed by atoms with Gasteiger partial charge in [0, 0.05) is 6.61 Å². The molecule has 0 bridgehead atoms. The van der Waals surface area contributed by atoms with E-state index in [2.05, 4.69) is 20.8 Å². The quantitative estimate of drug-likeness (QED) is 0.731. The molecule has 1 saturated carbocycles. The highest BCUT2D eigenvalue weighted by atomic mass is 16.3. The molecular formula is C13H26O. The second-order valence-corrected chi connectivity index (χ2v) is 5.90. The summed E-state index contributed by atoms with van der Waals surface area (Å²) in [6.07, 6.45) is 8.30. The van der Waals surface area contributed by atoms with Crippen molar-refractivity contribution in [3.63, 3.8) is 0 Å². The molecule has 0 radical (unpaired) electrons. The lowest BCUT2D eigenvalue weighted by Crippen LogP contribution is -2.25. The molecule has 0 saturated heterocycles. The Kier molecular flexibility index (Phi) is 4.43. The molecule has 1 aliphatic rings. The van der Waals surface area contributed by atoms with Gasteiger partial charge in [-0.2, -0.15) is 0 Å². The van der Waals surface area contributed by atoms with Gasteiger partial charge >= 0.3 is 0 Å². The Labute approximate surface area is 88.9 Å². The van der Waals surface area contributed by atoms with Gasteiger partial charge in [0.1, 0.15) is 0 Å². The Morgan fingerprint density at radius 1 is 1.21 bits per heavy atom. The molecule has 1 fully saturated rings. The lowest BCUT2D eigenvalue weighted by Gasteiger charge is -2.33. The lowest BCUT2D eigenvalue weighted by atomic mass is 9.74. The Balaban J connectivity index is 2.36. The molecular weight excluding hydrogens is 172 g/mol. The fourth-order valence-electron chi connectivity index (χ4n) is 2.81. The van der Waals surface area contributed by atoms with Crippen LogP contribution in [-0.4, -0.2) is 11.7 Å². The van der Waals surface area contributed by atoms with Crippen LogP contribution in [0.15, 0.2) is 0 Å². The van der Waals surface area contributed by atoms with Gasteiger partial charge < -0.3 is 5.11 Å². The van der Waals surface area contributed by atoms with Gasteiger partial charge in [0.15, 0.2) is 0 Å². The fraction of sp³-hybridized carbons (Fsp3) is 1.00. The summed E-state index contributed by atoms with van der Waals surface area (Å²) in [5.74, 6) is 1.71. The molecule has 1 aliphatic carbocycles. The van der Waals surface area contributed by atoms with Crippen LogP contribution in [0.5, 0.6) is 0 Å². The van der Waals surface area contributed by atoms with Crippen molar-refractivity contribution in [2.45, 2.75) is 59.3 Å². The van der Waals surface area contributed by atoms with Crippen molar-refractivity contribution in [2.24, 2.45) is 17.3 Å². The first-order valence-electron chi connectivity index (χ1n) is 6.16. The minimum absolute atomic E-state index is 0.122. The van der Waals surface area contributed by atoms with E-state index in [1.807, 2.05) is 0 Å². The predicted octanol–water partition coefficient (Wildman–Crippen LogP) is 3.61. The van der Waals surface area contributed by atoms with Crippen LogP contribution in [0.1, 0.15) is 59.3 Å². The van der Waals surface area contributed by atoms with Gasteiger partial charge in [-0.1, -0.05) is 52.9 Å². The topological polar surface area (TPSA) is 20.2 Å². The number of hydrogen-bond acceptors (Lipinski definition) is 1. The van der Waals surface area contributed by atoms with Crippen LogP contribution in [0.3, 0.4) is 0 Å². The Morgan fingerprint density at radius 2 is 1.79 bits per heavy atom. The van der Waals surface area contributed by atoms with Crippen molar-refractivity contribution in [1.82, 2.24) is 0 Å². The lowest BCUT2D eigenvalue weighted by molar-refractivity contribution is 0.109. The molecule has 0 amide bonds. The summed E-state index contributed by atoms with van der Waals surface area (Å²) in [4.78, 5) is 0. The van der Waals surface area contributed by atoms with Gasteiger partial charge in [0.05, 0.1) is 0 Å². The van der Waals surface area contributed by atoms with Crippen molar-refractivity contribution in [3.8, 4) is 0 Å². The molecule has 0 aromatic carbocycles. The molecule has 84 valence electrons. The van der Waals surface area contributed by atoms with Gasteiger partial charge in [-0.05, 0) is 23.7 Å². The molecule has 1 N–H and O–H groups in total. The smallest absolute Gasteiger partial charge is 0.0482 e. The van der Waals surface area contributed by atoms with Crippen molar-refractivity contribution in [3.05, 3.63) is 0 Å². The largest absolute Gasteiger partial charge is 0.396 e. The maximum absolute atomic E-state index is 9.24. The van der Waals surface area contributed by atoms with E-state index < -0.39 is 0 Å². The van der Waals surface area contributed by atoms with Crippen LogP contribution in [0.4, 0.5) is 0 Å². The zero-order valence-electron chi connectivity index (χ0n) is 10.1. The van der Waals surface area contributed by atoms with Crippen molar-refractivity contribution in [2.75, 3.05) is 6.61 Å². The molecule has 14 heavy (non-hydrogen) atoms. The fourth-order valence-corrected chi connectivity index (χ4v) is 2.81. The predicted molar refractivity (Wildman–Crippen MR) is 61.2 cm³/mol. The summed E-state index contributed by atoms with van der Waals surface area (Å²) in [5.41, 5.74) is 0.122. The van der Waals surface area contributed by atoms with Crippen LogP contribution < -0.4 is 0 Å². The van der Waals surface area contributed by atoms with E-state index >= 15 is 0 Å². The first-order chi connectivity index (χ1) is 6.55. The minimum Gasteiger partial charge on any atom is -0.396 e. The molecule has 1 rings (SSSR count). The van der Waals surface area contributed by atoms with Crippen molar-refractivity contribution >= 4 is 0 Å². The molecule has 0 spiro atoms. The van der Waals surface area contributed by atoms with Gasteiger partial charge in [0.25, 0.3) is 0 Å². The third-order valence-corrected chi connectivity index (χ3v) is 3.76. The van der Waals surface area contributed by atoms with Gasteiger partial charge in [-0.25, -0.2) is 0 Å². The van der Waals surface area contributed by atoms with Crippen LogP contribution in [0.2, 0.25) is 0 Å². The average Bonchev–Trinajstić information content (AvgIpc) is 2.19. The number of aliphatic hydroxyl groups is 1. The molecule has 0 aromatic rings. The summed E-state index contributed by atoms with van der Waals surface area (Å²) in [5, 5.41) is 9.24. The second kappa shape index (κ2) is 5.16. The summed E-state index contributed by atoms with van der Waals surface area (Å²) >= 11 is 0. The van der Waals surface area contributed by atoms with Gasteiger partial charge in [-0.15, -0.1) is 0 Å². The van der Waals surface area contributed by atoms with Crippen LogP contribution in [0, 0.1) is 17.3 Å². The zero-order valence-corrected chi connectivity index (χ0v) is 10.1. The van der Waals surface area contributed by atoms with E-state index in [0.717, 1.165) is 11.8 Å². The summed E-state index contributed by atoms with van der Waals surface area (Å²) in [7, 11) is 0. The molecule has 1 atom stereocenters. The summed E-state index contributed by atoms with van der Waals surface area (Å²) in [6.45, 7) is 7.04. The highest BCUT2D eigenvalue weighted by Gasteiger charge is 2.26. The summed E-state index contributed by atoms with van der Waals surface area (Å²) < 4.78 is 0. The maximum Gasteiger partial charge on any atom is 0.0482 e. The minimum atomic E-state index is 0.122. The molecule has 0 aliphatic heterocycles. The SMILES string of the molecule is CC(CC(C)(C)CO)C1CCCCC1. The first kappa shape index (κ1) is 12.0. The highest BCUT2D eigenvalue weighted by molar-refractivity contribution is 4.77. The Hall–Kier alpha value is -0.0400. The molecule has 1 unspecified atom stereocenters. The van der Waals surface area contributed by atoms with Gasteiger partial charge in [-0.3, -0.25) is 0 Å². The van der Waals surface area contributed by atoms with E-state index in [4.69, 9.17) is 0 Å². The van der Waals surface area contributed by atoms with Crippen LogP contribution >= 0.6 is 0 Å². The standard InChI is InChI=1S/C13H26O/c1-11(9-13(2,3)10-14)12-7-5-4-6-8-12/h11-12,14H,4-10H2,1-3H3. The maximum atomic E-state index is 9.24. The second-order valence-electron chi connectivity index (χ2n) is 5.90. The molecule has 0 heterocycles. The van der Waals surface area contributed by atoms with Crippen molar-refractivity contribution in [1.29, 1.82) is 0 Å². The van der Waals surface area contributed by atoms with E-state index in [-0.39, 0.29) is 5.41 Å². The number of hydrogen-bond donors (Lipinski definition) is 1. The van der Waals surface area contributed by atoms with E-state index in [0.29, 0.717) is 6.61 Å². The highest BCUT2D eigenvalue weighted by Crippen LogP contribution is 2.36. The van der Waals surface area contributed by atoms with Crippen molar-refractivity contribution < 1.29 is 5.11 Å². The Bertz CT molecular complexity index is 157. The molecule has 1 nitrogen and oxygen atoms in total. The van der Waals surface area contributed by atoms with Crippen LogP contribution in [0.25, 0.3) is 0 Å². The third-order valence-electron chi connectivity index (χ3n) is 3.76. The Morgan fingerprint density at radius 3 is 2.29 bits per heavy atom. The number of aliphatic hydroxyl groups excluding tert-OH is 1. The third kappa shape index (κ3) is 3.61. The summed E-state index contributed by atoms with van der Waals surface area (Å²) in [6, 6.07) is 0. The number of rotatable bonds is 4. The zero-order chi connectivity index (χ0) is 10.6. The van der Waals surface area contributed by atoms with Crippen LogP contribution in [-0.2, 0) is 0 Å². The average molecular weight is 198 g/mol. The van der Waals surface area contributed by atoms with E-state index in [1.165, 1.54) is 38.5 Å². The van der Waals surface area contributed by atoms with E-state index in [9.17, 15) is 5.11 Å². The molecule has 0 aromatic heterocycles. The first-order valence-corrected chi connectivity index (χ1v) is 6.16. The monoisotopic (exact) mass is 198 g/mol. The normalized spacial score (nSPS) is 22.3. The van der Waals surface area contributed by atoms with Gasteiger partial charge in [0.2, 0.25) is 0 Å².